The van der Waals surface area contributed by atoms with Crippen LogP contribution in [0.4, 0.5) is 0 Å². The molecule has 0 aliphatic rings. The van der Waals surface area contributed by atoms with Crippen molar-refractivity contribution in [1.82, 2.24) is 4.89 Å². The van der Waals surface area contributed by atoms with E-state index in [-0.39, 0.29) is 23.2 Å². The van der Waals surface area contributed by atoms with Crippen LogP contribution in [0, 0.1) is 5.92 Å². The van der Waals surface area contributed by atoms with Gasteiger partial charge in [-0.05, 0) is 18.1 Å². The van der Waals surface area contributed by atoms with Gasteiger partial charge < -0.3 is 9.47 Å². The second-order valence-electron chi connectivity index (χ2n) is 4.31. The van der Waals surface area contributed by atoms with E-state index in [9.17, 15) is 8.42 Å². The normalized spacial score (nSPS) is 11.6. The van der Waals surface area contributed by atoms with Crippen LogP contribution in [0.3, 0.4) is 0 Å². The van der Waals surface area contributed by atoms with Gasteiger partial charge in [-0.1, -0.05) is 18.7 Å². The zero-order valence-corrected chi connectivity index (χ0v) is 12.3. The van der Waals surface area contributed by atoms with Crippen LogP contribution in [-0.4, -0.2) is 29.2 Å². The summed E-state index contributed by atoms with van der Waals surface area (Å²) in [5.41, 5.74) is 0. The third-order valence-electron chi connectivity index (χ3n) is 2.25. The molecule has 0 fully saturated rings. The number of sulfonamides is 1. The van der Waals surface area contributed by atoms with Gasteiger partial charge in [0.2, 0.25) is 0 Å². The molecule has 19 heavy (non-hydrogen) atoms. The predicted molar refractivity (Wildman–Crippen MR) is 70.7 cm³/mol. The summed E-state index contributed by atoms with van der Waals surface area (Å²) in [5, 5.41) is 0. The summed E-state index contributed by atoms with van der Waals surface area (Å²) in [6.07, 6.45) is 0. The van der Waals surface area contributed by atoms with Gasteiger partial charge in [0.15, 0.2) is 0 Å². The summed E-state index contributed by atoms with van der Waals surface area (Å²) < 4.78 is 34.2. The van der Waals surface area contributed by atoms with Crippen molar-refractivity contribution in [3.63, 3.8) is 0 Å². The van der Waals surface area contributed by atoms with Crippen LogP contribution in [0.25, 0.3) is 0 Å². The van der Waals surface area contributed by atoms with Gasteiger partial charge in [0.25, 0.3) is 10.0 Å². The van der Waals surface area contributed by atoms with E-state index < -0.39 is 10.0 Å². The number of methoxy groups -OCH3 is 2. The van der Waals surface area contributed by atoms with E-state index in [0.717, 1.165) is 0 Å². The first-order valence-electron chi connectivity index (χ1n) is 5.76. The van der Waals surface area contributed by atoms with Gasteiger partial charge in [0.05, 0.1) is 20.8 Å². The maximum absolute atomic E-state index is 12.1. The summed E-state index contributed by atoms with van der Waals surface area (Å²) >= 11 is 0. The standard InChI is InChI=1S/C12H19NO5S/c1-9(2)8-18-13-19(14,15)12-7-10(16-3)5-6-11(12)17-4/h5-7,9,13H,8H2,1-4H3. The lowest BCUT2D eigenvalue weighted by atomic mass is 10.2. The Kier molecular flexibility index (Phi) is 5.59. The topological polar surface area (TPSA) is 73.9 Å². The fraction of sp³-hybridized carbons (Fsp3) is 0.500. The Labute approximate surface area is 113 Å². The van der Waals surface area contributed by atoms with E-state index in [4.69, 9.17) is 14.3 Å². The molecule has 1 N–H and O–H groups in total. The van der Waals surface area contributed by atoms with Gasteiger partial charge in [0.1, 0.15) is 16.4 Å². The Morgan fingerprint density at radius 1 is 1.21 bits per heavy atom. The van der Waals surface area contributed by atoms with Gasteiger partial charge in [-0.25, -0.2) is 8.42 Å². The van der Waals surface area contributed by atoms with Crippen molar-refractivity contribution in [3.05, 3.63) is 18.2 Å². The Morgan fingerprint density at radius 3 is 2.42 bits per heavy atom. The molecular formula is C12H19NO5S. The first-order chi connectivity index (χ1) is 8.90. The molecule has 0 radical (unpaired) electrons. The van der Waals surface area contributed by atoms with E-state index in [0.29, 0.717) is 5.75 Å². The minimum atomic E-state index is -3.81. The van der Waals surface area contributed by atoms with Crippen molar-refractivity contribution in [2.45, 2.75) is 18.7 Å². The molecule has 0 amide bonds. The predicted octanol–water partition coefficient (Wildman–Crippen LogP) is 1.57. The first kappa shape index (κ1) is 15.7. The van der Waals surface area contributed by atoms with Gasteiger partial charge in [-0.3, -0.25) is 4.84 Å². The molecule has 108 valence electrons. The summed E-state index contributed by atoms with van der Waals surface area (Å²) in [7, 11) is -0.951. The van der Waals surface area contributed by atoms with Crippen LogP contribution in [0.2, 0.25) is 0 Å². The SMILES string of the molecule is COc1ccc(OC)c(S(=O)(=O)NOCC(C)C)c1. The molecule has 6 nitrogen and oxygen atoms in total. The van der Waals surface area contributed by atoms with Crippen molar-refractivity contribution in [3.8, 4) is 11.5 Å². The highest BCUT2D eigenvalue weighted by atomic mass is 32.2. The number of hydrogen-bond donors (Lipinski definition) is 1. The molecule has 7 heteroatoms. The number of hydrogen-bond acceptors (Lipinski definition) is 5. The second kappa shape index (κ2) is 6.74. The van der Waals surface area contributed by atoms with Crippen molar-refractivity contribution in [2.75, 3.05) is 20.8 Å². The maximum atomic E-state index is 12.1. The summed E-state index contributed by atoms with van der Waals surface area (Å²) in [5.74, 6) is 0.862. The largest absolute Gasteiger partial charge is 0.497 e. The molecule has 0 atom stereocenters. The third-order valence-corrected chi connectivity index (χ3v) is 3.48. The van der Waals surface area contributed by atoms with Crippen molar-refractivity contribution < 1.29 is 22.7 Å². The average molecular weight is 289 g/mol. The van der Waals surface area contributed by atoms with E-state index in [1.54, 1.807) is 6.07 Å². The lowest BCUT2D eigenvalue weighted by molar-refractivity contribution is 0.0717. The molecule has 0 spiro atoms. The van der Waals surface area contributed by atoms with Crippen molar-refractivity contribution in [2.24, 2.45) is 5.92 Å². The van der Waals surface area contributed by atoms with Crippen LogP contribution in [0.15, 0.2) is 23.1 Å². The van der Waals surface area contributed by atoms with Crippen LogP contribution >= 0.6 is 0 Å². The van der Waals surface area contributed by atoms with Crippen LogP contribution < -0.4 is 14.4 Å². The highest BCUT2D eigenvalue weighted by Crippen LogP contribution is 2.27. The molecule has 0 saturated heterocycles. The van der Waals surface area contributed by atoms with Crippen LogP contribution in [0.5, 0.6) is 11.5 Å². The number of benzene rings is 1. The Bertz CT molecular complexity index is 513. The van der Waals surface area contributed by atoms with Gasteiger partial charge in [-0.15, -0.1) is 0 Å². The molecule has 0 aliphatic carbocycles. The molecule has 1 aromatic rings. The van der Waals surface area contributed by atoms with E-state index in [1.807, 2.05) is 13.8 Å². The average Bonchev–Trinajstić information content (AvgIpc) is 2.37. The summed E-state index contributed by atoms with van der Waals surface area (Å²) in [6.45, 7) is 4.12. The van der Waals surface area contributed by atoms with Gasteiger partial charge >= 0.3 is 0 Å². The minimum absolute atomic E-state index is 0.0295. The smallest absolute Gasteiger partial charge is 0.266 e. The molecule has 1 rings (SSSR count). The molecule has 0 unspecified atom stereocenters. The summed E-state index contributed by atoms with van der Waals surface area (Å²) in [4.78, 5) is 6.99. The van der Waals surface area contributed by atoms with Crippen molar-refractivity contribution >= 4 is 10.0 Å². The maximum Gasteiger partial charge on any atom is 0.266 e. The highest BCUT2D eigenvalue weighted by molar-refractivity contribution is 7.89. The molecule has 0 heterocycles. The summed E-state index contributed by atoms with van der Waals surface area (Å²) in [6, 6.07) is 4.52. The molecule has 0 bridgehead atoms. The lowest BCUT2D eigenvalue weighted by Crippen LogP contribution is -2.26. The highest BCUT2D eigenvalue weighted by Gasteiger charge is 2.20. The third kappa shape index (κ3) is 4.38. The molecule has 0 saturated carbocycles. The number of ether oxygens (including phenoxy) is 2. The fourth-order valence-electron chi connectivity index (χ4n) is 1.32. The number of nitrogens with one attached hydrogen (secondary N) is 1. The first-order valence-corrected chi connectivity index (χ1v) is 7.24. The Hall–Kier alpha value is -1.31. The van der Waals surface area contributed by atoms with Crippen molar-refractivity contribution in [1.29, 1.82) is 0 Å². The Balaban J connectivity index is 2.98. The van der Waals surface area contributed by atoms with Gasteiger partial charge in [-0.2, -0.15) is 0 Å². The molecule has 0 aliphatic heterocycles. The zero-order valence-electron chi connectivity index (χ0n) is 11.5. The quantitative estimate of drug-likeness (QED) is 0.771. The van der Waals surface area contributed by atoms with E-state index >= 15 is 0 Å². The lowest BCUT2D eigenvalue weighted by Gasteiger charge is -2.12. The Morgan fingerprint density at radius 2 is 1.89 bits per heavy atom. The molecule has 1 aromatic carbocycles. The van der Waals surface area contributed by atoms with E-state index in [2.05, 4.69) is 4.89 Å². The van der Waals surface area contributed by atoms with Crippen LogP contribution in [0.1, 0.15) is 13.8 Å². The number of rotatable bonds is 7. The van der Waals surface area contributed by atoms with Gasteiger partial charge in [0, 0.05) is 6.07 Å². The molecular weight excluding hydrogens is 270 g/mol. The van der Waals surface area contributed by atoms with Crippen LogP contribution in [-0.2, 0) is 14.9 Å². The minimum Gasteiger partial charge on any atom is -0.497 e. The second-order valence-corrected chi connectivity index (χ2v) is 5.92. The fourth-order valence-corrected chi connectivity index (χ4v) is 2.32. The molecule has 0 aromatic heterocycles. The monoisotopic (exact) mass is 289 g/mol. The zero-order chi connectivity index (χ0) is 14.5. The van der Waals surface area contributed by atoms with E-state index in [1.165, 1.54) is 26.4 Å².